The zero-order chi connectivity index (χ0) is 23.6. The monoisotopic (exact) mass is 462 g/mol. The Labute approximate surface area is 198 Å². The number of fused-ring (bicyclic) bond motifs is 1. The molecule has 2 aromatic heterocycles. The average molecular weight is 463 g/mol. The molecule has 0 aliphatic rings. The lowest BCUT2D eigenvalue weighted by Crippen LogP contribution is -2.24. The summed E-state index contributed by atoms with van der Waals surface area (Å²) in [6.07, 6.45) is 0.906. The SMILES string of the molecule is CC(C)CCn1c(SCc2nc(-c3ccc(C(C)(C)C)cc3)no2)nc2ccccc2c1=O. The molecule has 0 saturated carbocycles. The third kappa shape index (κ3) is 5.36. The molecule has 4 aromatic rings. The fourth-order valence-electron chi connectivity index (χ4n) is 3.52. The van der Waals surface area contributed by atoms with Gasteiger partial charge >= 0.3 is 0 Å². The van der Waals surface area contributed by atoms with Crippen molar-refractivity contribution in [3.8, 4) is 11.4 Å². The Hall–Kier alpha value is -2.93. The molecular weight excluding hydrogens is 432 g/mol. The smallest absolute Gasteiger partial charge is 0.262 e. The predicted molar refractivity (Wildman–Crippen MR) is 133 cm³/mol. The molecule has 2 aromatic carbocycles. The number of para-hydroxylation sites is 1. The van der Waals surface area contributed by atoms with Gasteiger partial charge in [-0.15, -0.1) is 0 Å². The van der Waals surface area contributed by atoms with E-state index in [9.17, 15) is 4.79 Å². The number of hydrogen-bond donors (Lipinski definition) is 0. The maximum absolute atomic E-state index is 13.1. The lowest BCUT2D eigenvalue weighted by molar-refractivity contribution is 0.391. The van der Waals surface area contributed by atoms with Crippen LogP contribution in [-0.4, -0.2) is 19.7 Å². The van der Waals surface area contributed by atoms with Crippen LogP contribution in [0.15, 0.2) is 63.0 Å². The van der Waals surface area contributed by atoms with E-state index >= 15 is 0 Å². The van der Waals surface area contributed by atoms with Crippen molar-refractivity contribution >= 4 is 22.7 Å². The van der Waals surface area contributed by atoms with Crippen LogP contribution in [0.5, 0.6) is 0 Å². The maximum Gasteiger partial charge on any atom is 0.262 e. The second kappa shape index (κ2) is 9.51. The number of thioether (sulfide) groups is 1. The summed E-state index contributed by atoms with van der Waals surface area (Å²) in [7, 11) is 0. The molecule has 0 bridgehead atoms. The Morgan fingerprint density at radius 2 is 1.76 bits per heavy atom. The van der Waals surface area contributed by atoms with Gasteiger partial charge in [0.2, 0.25) is 11.7 Å². The number of rotatable bonds is 7. The van der Waals surface area contributed by atoms with E-state index in [0.717, 1.165) is 12.0 Å². The first-order chi connectivity index (χ1) is 15.7. The second-order valence-electron chi connectivity index (χ2n) is 9.68. The van der Waals surface area contributed by atoms with Gasteiger partial charge < -0.3 is 4.52 Å². The zero-order valence-electron chi connectivity index (χ0n) is 19.8. The van der Waals surface area contributed by atoms with Crippen molar-refractivity contribution in [3.63, 3.8) is 0 Å². The second-order valence-corrected chi connectivity index (χ2v) is 10.6. The molecule has 0 fully saturated rings. The van der Waals surface area contributed by atoms with Gasteiger partial charge in [-0.3, -0.25) is 9.36 Å². The molecule has 0 saturated heterocycles. The van der Waals surface area contributed by atoms with Crippen molar-refractivity contribution in [2.24, 2.45) is 5.92 Å². The summed E-state index contributed by atoms with van der Waals surface area (Å²) in [6, 6.07) is 15.7. The van der Waals surface area contributed by atoms with Crippen LogP contribution < -0.4 is 5.56 Å². The van der Waals surface area contributed by atoms with Crippen LogP contribution in [-0.2, 0) is 17.7 Å². The Morgan fingerprint density at radius 3 is 2.45 bits per heavy atom. The highest BCUT2D eigenvalue weighted by Crippen LogP contribution is 2.26. The van der Waals surface area contributed by atoms with Crippen LogP contribution >= 0.6 is 11.8 Å². The largest absolute Gasteiger partial charge is 0.338 e. The molecule has 0 aliphatic heterocycles. The molecule has 7 heteroatoms. The quantitative estimate of drug-likeness (QED) is 0.245. The number of aromatic nitrogens is 4. The van der Waals surface area contributed by atoms with Gasteiger partial charge in [-0.2, -0.15) is 4.98 Å². The van der Waals surface area contributed by atoms with Crippen LogP contribution in [0.25, 0.3) is 22.3 Å². The number of nitrogens with zero attached hydrogens (tertiary/aromatic N) is 4. The Morgan fingerprint density at radius 1 is 1.03 bits per heavy atom. The number of benzene rings is 2. The van der Waals surface area contributed by atoms with E-state index in [0.29, 0.717) is 46.0 Å². The first-order valence-corrected chi connectivity index (χ1v) is 12.3. The minimum Gasteiger partial charge on any atom is -0.338 e. The molecule has 172 valence electrons. The molecular formula is C26H30N4O2S. The standard InChI is InChI=1S/C26H30N4O2S/c1-17(2)14-15-30-24(31)20-8-6-7-9-21(20)27-25(30)33-16-22-28-23(29-32-22)18-10-12-19(13-11-18)26(3,4)5/h6-13,17H,14-16H2,1-5H3. The van der Waals surface area contributed by atoms with Crippen molar-refractivity contribution in [2.45, 2.75) is 63.9 Å². The maximum atomic E-state index is 13.1. The summed E-state index contributed by atoms with van der Waals surface area (Å²) >= 11 is 1.45. The lowest BCUT2D eigenvalue weighted by Gasteiger charge is -2.18. The molecule has 0 radical (unpaired) electrons. The first kappa shape index (κ1) is 23.2. The van der Waals surface area contributed by atoms with Gasteiger partial charge in [-0.05, 0) is 35.4 Å². The van der Waals surface area contributed by atoms with E-state index in [1.165, 1.54) is 17.3 Å². The highest BCUT2D eigenvalue weighted by molar-refractivity contribution is 7.98. The van der Waals surface area contributed by atoms with Crippen LogP contribution in [0.1, 0.15) is 52.5 Å². The van der Waals surface area contributed by atoms with E-state index in [-0.39, 0.29) is 11.0 Å². The van der Waals surface area contributed by atoms with Crippen LogP contribution in [0.3, 0.4) is 0 Å². The van der Waals surface area contributed by atoms with Crippen molar-refractivity contribution < 1.29 is 4.52 Å². The summed E-state index contributed by atoms with van der Waals surface area (Å²) in [5.41, 5.74) is 2.97. The molecule has 33 heavy (non-hydrogen) atoms. The van der Waals surface area contributed by atoms with Gasteiger partial charge in [0.1, 0.15) is 0 Å². The average Bonchev–Trinajstić information content (AvgIpc) is 3.26. The summed E-state index contributed by atoms with van der Waals surface area (Å²) in [4.78, 5) is 22.4. The highest BCUT2D eigenvalue weighted by Gasteiger charge is 2.16. The van der Waals surface area contributed by atoms with Gasteiger partial charge in [0.05, 0.1) is 16.7 Å². The minimum atomic E-state index is -0.00564. The minimum absolute atomic E-state index is 0.00564. The van der Waals surface area contributed by atoms with Crippen molar-refractivity contribution in [3.05, 3.63) is 70.3 Å². The van der Waals surface area contributed by atoms with Crippen LogP contribution in [0.4, 0.5) is 0 Å². The summed E-state index contributed by atoms with van der Waals surface area (Å²) in [5, 5.41) is 5.47. The summed E-state index contributed by atoms with van der Waals surface area (Å²) < 4.78 is 7.27. The van der Waals surface area contributed by atoms with Crippen molar-refractivity contribution in [2.75, 3.05) is 0 Å². The lowest BCUT2D eigenvalue weighted by atomic mass is 9.87. The first-order valence-electron chi connectivity index (χ1n) is 11.3. The third-order valence-corrected chi connectivity index (χ3v) is 6.52. The Balaban J connectivity index is 1.56. The Bertz CT molecular complexity index is 1300. The van der Waals surface area contributed by atoms with E-state index in [4.69, 9.17) is 9.51 Å². The molecule has 4 rings (SSSR count). The molecule has 0 atom stereocenters. The Kier molecular flexibility index (Phi) is 6.70. The molecule has 2 heterocycles. The molecule has 6 nitrogen and oxygen atoms in total. The summed E-state index contributed by atoms with van der Waals surface area (Å²) in [5.74, 6) is 2.01. The van der Waals surface area contributed by atoms with Crippen molar-refractivity contribution in [1.29, 1.82) is 0 Å². The fraction of sp³-hybridized carbons (Fsp3) is 0.385. The van der Waals surface area contributed by atoms with E-state index in [2.05, 4.69) is 56.9 Å². The molecule has 0 aliphatic carbocycles. The van der Waals surface area contributed by atoms with Gasteiger partial charge in [-0.25, -0.2) is 4.98 Å². The van der Waals surface area contributed by atoms with Crippen molar-refractivity contribution in [1.82, 2.24) is 19.7 Å². The van der Waals surface area contributed by atoms with Gasteiger partial charge in [0, 0.05) is 12.1 Å². The van der Waals surface area contributed by atoms with Gasteiger partial charge in [0.25, 0.3) is 5.56 Å². The number of hydrogen-bond acceptors (Lipinski definition) is 6. The highest BCUT2D eigenvalue weighted by atomic mass is 32.2. The van der Waals surface area contributed by atoms with E-state index in [1.807, 2.05) is 36.4 Å². The zero-order valence-corrected chi connectivity index (χ0v) is 20.6. The summed E-state index contributed by atoms with van der Waals surface area (Å²) in [6.45, 7) is 11.5. The van der Waals surface area contributed by atoms with Crippen LogP contribution in [0.2, 0.25) is 0 Å². The molecule has 0 N–H and O–H groups in total. The van der Waals surface area contributed by atoms with Gasteiger partial charge in [-0.1, -0.05) is 87.9 Å². The van der Waals surface area contributed by atoms with Gasteiger partial charge in [0.15, 0.2) is 5.16 Å². The molecule has 0 unspecified atom stereocenters. The van der Waals surface area contributed by atoms with Crippen LogP contribution in [0, 0.1) is 5.92 Å². The molecule has 0 amide bonds. The normalized spacial score (nSPS) is 12.1. The third-order valence-electron chi connectivity index (χ3n) is 5.56. The van der Waals surface area contributed by atoms with E-state index in [1.54, 1.807) is 4.57 Å². The van der Waals surface area contributed by atoms with E-state index < -0.39 is 0 Å². The predicted octanol–water partition coefficient (Wildman–Crippen LogP) is 6.08. The fourth-order valence-corrected chi connectivity index (χ4v) is 4.38. The topological polar surface area (TPSA) is 73.8 Å². The molecule has 0 spiro atoms.